The first kappa shape index (κ1) is 15.1. The molecule has 23 heavy (non-hydrogen) atoms. The third kappa shape index (κ3) is 3.70. The van der Waals surface area contributed by atoms with Crippen molar-refractivity contribution in [2.24, 2.45) is 0 Å². The van der Waals surface area contributed by atoms with Crippen LogP contribution < -0.4 is 5.32 Å². The van der Waals surface area contributed by atoms with E-state index >= 15 is 0 Å². The van der Waals surface area contributed by atoms with Crippen molar-refractivity contribution in [2.75, 3.05) is 5.32 Å². The van der Waals surface area contributed by atoms with Gasteiger partial charge in [0, 0.05) is 16.3 Å². The molecule has 0 saturated carbocycles. The third-order valence-corrected chi connectivity index (χ3v) is 3.42. The van der Waals surface area contributed by atoms with Gasteiger partial charge in [-0.3, -0.25) is 9.78 Å². The van der Waals surface area contributed by atoms with E-state index in [9.17, 15) is 4.79 Å². The molecule has 0 aliphatic heterocycles. The van der Waals surface area contributed by atoms with Gasteiger partial charge in [-0.15, -0.1) is 0 Å². The molecule has 0 spiro atoms. The summed E-state index contributed by atoms with van der Waals surface area (Å²) >= 11 is 5.99. The van der Waals surface area contributed by atoms with E-state index in [-0.39, 0.29) is 11.6 Å². The fourth-order valence-electron chi connectivity index (χ4n) is 2.02. The van der Waals surface area contributed by atoms with Crippen molar-refractivity contribution >= 4 is 23.2 Å². The Labute approximate surface area is 138 Å². The Balaban J connectivity index is 1.84. The van der Waals surface area contributed by atoms with Crippen LogP contribution in [0.15, 0.2) is 55.0 Å². The average Bonchev–Trinajstić information content (AvgIpc) is 2.57. The van der Waals surface area contributed by atoms with E-state index in [1.54, 1.807) is 30.5 Å². The Kier molecular flexibility index (Phi) is 4.30. The van der Waals surface area contributed by atoms with Crippen LogP contribution >= 0.6 is 11.6 Å². The summed E-state index contributed by atoms with van der Waals surface area (Å²) in [5.74, 6) is -0.318. The Hall–Kier alpha value is -2.79. The summed E-state index contributed by atoms with van der Waals surface area (Å²) in [7, 11) is 0. The number of hydrogen-bond acceptors (Lipinski definition) is 4. The molecule has 0 saturated heterocycles. The van der Waals surface area contributed by atoms with Crippen molar-refractivity contribution in [1.82, 2.24) is 15.0 Å². The van der Waals surface area contributed by atoms with Gasteiger partial charge in [-0.1, -0.05) is 23.7 Å². The molecule has 6 heteroatoms. The zero-order chi connectivity index (χ0) is 16.2. The summed E-state index contributed by atoms with van der Waals surface area (Å²) < 4.78 is 0. The maximum atomic E-state index is 12.3. The predicted molar refractivity (Wildman–Crippen MR) is 89.4 cm³/mol. The molecule has 1 amide bonds. The average molecular weight is 325 g/mol. The zero-order valence-electron chi connectivity index (χ0n) is 12.3. The van der Waals surface area contributed by atoms with Gasteiger partial charge >= 0.3 is 0 Å². The SMILES string of the molecule is Cc1ccc(NC(=O)c2cc(-c3cccc(Cl)c3)ncn2)cn1. The lowest BCUT2D eigenvalue weighted by Crippen LogP contribution is -2.14. The normalized spacial score (nSPS) is 10.3. The number of carbonyl (C=O) groups excluding carboxylic acids is 1. The molecular weight excluding hydrogens is 312 g/mol. The highest BCUT2D eigenvalue weighted by Gasteiger charge is 2.10. The predicted octanol–water partition coefficient (Wildman–Crippen LogP) is 3.75. The lowest BCUT2D eigenvalue weighted by Gasteiger charge is -2.06. The number of benzene rings is 1. The first-order valence-corrected chi connectivity index (χ1v) is 7.31. The highest BCUT2D eigenvalue weighted by molar-refractivity contribution is 6.30. The van der Waals surface area contributed by atoms with Crippen molar-refractivity contribution in [2.45, 2.75) is 6.92 Å². The second-order valence-corrected chi connectivity index (χ2v) is 5.38. The molecule has 2 heterocycles. The zero-order valence-corrected chi connectivity index (χ0v) is 13.1. The smallest absolute Gasteiger partial charge is 0.274 e. The molecule has 0 unspecified atom stereocenters. The number of amides is 1. The molecule has 5 nitrogen and oxygen atoms in total. The number of pyridine rings is 1. The van der Waals surface area contributed by atoms with Crippen LogP contribution in [0.1, 0.15) is 16.2 Å². The van der Waals surface area contributed by atoms with Gasteiger partial charge in [-0.2, -0.15) is 0 Å². The summed E-state index contributed by atoms with van der Waals surface area (Å²) in [6.45, 7) is 1.88. The van der Waals surface area contributed by atoms with E-state index in [1.165, 1.54) is 6.33 Å². The summed E-state index contributed by atoms with van der Waals surface area (Å²) in [6, 6.07) is 12.5. The molecule has 1 aromatic carbocycles. The highest BCUT2D eigenvalue weighted by Crippen LogP contribution is 2.21. The molecule has 114 valence electrons. The van der Waals surface area contributed by atoms with Crippen LogP contribution in [-0.2, 0) is 0 Å². The van der Waals surface area contributed by atoms with E-state index in [0.717, 1.165) is 11.3 Å². The number of aryl methyl sites for hydroxylation is 1. The maximum Gasteiger partial charge on any atom is 0.274 e. The molecule has 0 aliphatic rings. The van der Waals surface area contributed by atoms with Crippen LogP contribution in [-0.4, -0.2) is 20.9 Å². The van der Waals surface area contributed by atoms with Crippen molar-refractivity contribution in [1.29, 1.82) is 0 Å². The standard InChI is InChI=1S/C17H13ClN4O/c1-11-5-6-14(9-19-11)22-17(23)16-8-15(20-10-21-16)12-3-2-4-13(18)7-12/h2-10H,1H3,(H,22,23). The van der Waals surface area contributed by atoms with Gasteiger partial charge in [0.25, 0.3) is 5.91 Å². The highest BCUT2D eigenvalue weighted by atomic mass is 35.5. The van der Waals surface area contributed by atoms with Crippen LogP contribution in [0.4, 0.5) is 5.69 Å². The molecule has 2 aromatic heterocycles. The van der Waals surface area contributed by atoms with Gasteiger partial charge in [-0.05, 0) is 37.3 Å². The minimum Gasteiger partial charge on any atom is -0.319 e. The van der Waals surface area contributed by atoms with E-state index in [0.29, 0.717) is 16.4 Å². The second kappa shape index (κ2) is 6.54. The summed E-state index contributed by atoms with van der Waals surface area (Å²) in [5, 5.41) is 3.37. The molecule has 0 atom stereocenters. The van der Waals surface area contributed by atoms with E-state index in [4.69, 9.17) is 11.6 Å². The second-order valence-electron chi connectivity index (χ2n) is 4.94. The lowest BCUT2D eigenvalue weighted by atomic mass is 10.1. The van der Waals surface area contributed by atoms with Crippen molar-refractivity contribution in [3.05, 3.63) is 71.4 Å². The minimum atomic E-state index is -0.318. The van der Waals surface area contributed by atoms with Crippen LogP contribution in [0, 0.1) is 6.92 Å². The summed E-state index contributed by atoms with van der Waals surface area (Å²) in [6.07, 6.45) is 2.96. The summed E-state index contributed by atoms with van der Waals surface area (Å²) in [4.78, 5) is 24.6. The van der Waals surface area contributed by atoms with Crippen LogP contribution in [0.25, 0.3) is 11.3 Å². The molecule has 3 rings (SSSR count). The van der Waals surface area contributed by atoms with Gasteiger partial charge in [0.15, 0.2) is 0 Å². The molecular formula is C17H13ClN4O. The molecule has 3 aromatic rings. The number of nitrogens with zero attached hydrogens (tertiary/aromatic N) is 3. The molecule has 1 N–H and O–H groups in total. The first-order chi connectivity index (χ1) is 11.1. The number of nitrogens with one attached hydrogen (secondary N) is 1. The van der Waals surface area contributed by atoms with Gasteiger partial charge in [-0.25, -0.2) is 9.97 Å². The van der Waals surface area contributed by atoms with Gasteiger partial charge in [0.2, 0.25) is 0 Å². The number of carbonyl (C=O) groups is 1. The molecule has 0 radical (unpaired) electrons. The van der Waals surface area contributed by atoms with Crippen LogP contribution in [0.3, 0.4) is 0 Å². The number of anilines is 1. The van der Waals surface area contributed by atoms with Crippen LogP contribution in [0.5, 0.6) is 0 Å². The van der Waals surface area contributed by atoms with E-state index in [2.05, 4.69) is 20.3 Å². The number of aromatic nitrogens is 3. The fraction of sp³-hybridized carbons (Fsp3) is 0.0588. The topological polar surface area (TPSA) is 67.8 Å². The molecule has 0 fully saturated rings. The monoisotopic (exact) mass is 324 g/mol. The Bertz CT molecular complexity index is 849. The number of hydrogen-bond donors (Lipinski definition) is 1. The van der Waals surface area contributed by atoms with E-state index < -0.39 is 0 Å². The van der Waals surface area contributed by atoms with Crippen molar-refractivity contribution in [3.63, 3.8) is 0 Å². The first-order valence-electron chi connectivity index (χ1n) is 6.94. The number of rotatable bonds is 3. The van der Waals surface area contributed by atoms with Gasteiger partial charge in [0.1, 0.15) is 12.0 Å². The third-order valence-electron chi connectivity index (χ3n) is 3.19. The Morgan fingerprint density at radius 2 is 1.96 bits per heavy atom. The summed E-state index contributed by atoms with van der Waals surface area (Å²) in [5.41, 5.74) is 3.23. The van der Waals surface area contributed by atoms with Gasteiger partial charge in [0.05, 0.1) is 17.6 Å². The van der Waals surface area contributed by atoms with Gasteiger partial charge < -0.3 is 5.32 Å². The van der Waals surface area contributed by atoms with Crippen LogP contribution in [0.2, 0.25) is 5.02 Å². The minimum absolute atomic E-state index is 0.274. The maximum absolute atomic E-state index is 12.3. The molecule has 0 aliphatic carbocycles. The lowest BCUT2D eigenvalue weighted by molar-refractivity contribution is 0.102. The van der Waals surface area contributed by atoms with Crippen molar-refractivity contribution < 1.29 is 4.79 Å². The fourth-order valence-corrected chi connectivity index (χ4v) is 2.21. The quantitative estimate of drug-likeness (QED) is 0.796. The Morgan fingerprint density at radius 1 is 1.09 bits per heavy atom. The largest absolute Gasteiger partial charge is 0.319 e. The Morgan fingerprint density at radius 3 is 2.70 bits per heavy atom. The van der Waals surface area contributed by atoms with Crippen molar-refractivity contribution in [3.8, 4) is 11.3 Å². The number of halogens is 1. The molecule has 0 bridgehead atoms. The van der Waals surface area contributed by atoms with E-state index in [1.807, 2.05) is 25.1 Å².